The van der Waals surface area contributed by atoms with Gasteiger partial charge in [0.1, 0.15) is 5.69 Å². The number of carbonyl (C=O) groups excluding carboxylic acids is 1. The third kappa shape index (κ3) is 2.03. The van der Waals surface area contributed by atoms with Crippen molar-refractivity contribution in [2.75, 3.05) is 7.04 Å². The molecule has 0 amide bonds. The zero-order valence-corrected chi connectivity index (χ0v) is 6.84. The summed E-state index contributed by atoms with van der Waals surface area (Å²) in [7, 11) is -2.50. The number of carbonyl (C=O) groups is 1. The third-order valence-corrected chi connectivity index (χ3v) is 1.51. The molecule has 0 aliphatic carbocycles. The number of ether oxygens (including phenoxy) is 1. The largest absolute Gasteiger partial charge is 0.380 e. The highest BCUT2D eigenvalue weighted by molar-refractivity contribution is 6.30. The summed E-state index contributed by atoms with van der Waals surface area (Å²) in [6.07, 6.45) is 1.83. The third-order valence-electron chi connectivity index (χ3n) is 1.31. The van der Waals surface area contributed by atoms with E-state index in [0.29, 0.717) is 16.9 Å². The Morgan fingerprint density at radius 2 is 2.75 bits per heavy atom. The molecule has 0 aliphatic heterocycles. The molecule has 0 spiro atoms. The summed E-state index contributed by atoms with van der Waals surface area (Å²) in [5, 5.41) is 0.324. The number of nitrogens with zero attached hydrogens (tertiary/aromatic N) is 1. The number of hydrogen-bond donors (Lipinski definition) is 0. The molecule has 0 unspecified atom stereocenters. The lowest BCUT2D eigenvalue weighted by Crippen LogP contribution is -1.97. The zero-order valence-electron chi connectivity index (χ0n) is 9.08. The molecule has 4 heteroatoms. The smallest absolute Gasteiger partial charge is 0.168 e. The minimum absolute atomic E-state index is 0.128. The quantitative estimate of drug-likeness (QED) is 0.678. The molecule has 3 nitrogen and oxygen atoms in total. The maximum atomic E-state index is 10.6. The van der Waals surface area contributed by atoms with Gasteiger partial charge in [-0.25, -0.2) is 0 Å². The van der Waals surface area contributed by atoms with Gasteiger partial charge >= 0.3 is 0 Å². The number of rotatable bonds is 3. The van der Waals surface area contributed by atoms with Crippen LogP contribution in [0.1, 0.15) is 20.2 Å². The highest BCUT2D eigenvalue weighted by atomic mass is 35.5. The van der Waals surface area contributed by atoms with Crippen molar-refractivity contribution in [2.24, 2.45) is 0 Å². The predicted octanol–water partition coefficient (Wildman–Crippen LogP) is 1.69. The summed E-state index contributed by atoms with van der Waals surface area (Å²) < 4.78 is 25.1. The maximum absolute atomic E-state index is 10.6. The summed E-state index contributed by atoms with van der Waals surface area (Å²) in [6, 6.07) is 1.45. The Labute approximate surface area is 79.5 Å². The van der Waals surface area contributed by atoms with E-state index in [-0.39, 0.29) is 12.3 Å². The minimum atomic E-state index is -2.50. The van der Waals surface area contributed by atoms with Gasteiger partial charge in [-0.05, 0) is 6.07 Å². The van der Waals surface area contributed by atoms with Crippen LogP contribution >= 0.6 is 11.6 Å². The summed E-state index contributed by atoms with van der Waals surface area (Å²) in [6.45, 7) is -0.224. The van der Waals surface area contributed by atoms with Crippen LogP contribution in [0.4, 0.5) is 0 Å². The van der Waals surface area contributed by atoms with Crippen molar-refractivity contribution in [3.63, 3.8) is 0 Å². The van der Waals surface area contributed by atoms with E-state index in [1.807, 2.05) is 0 Å². The van der Waals surface area contributed by atoms with Crippen LogP contribution in [0.25, 0.3) is 0 Å². The Kier molecular flexibility index (Phi) is 1.98. The number of methoxy groups -OCH3 is 1. The van der Waals surface area contributed by atoms with Crippen molar-refractivity contribution in [3.05, 3.63) is 28.5 Å². The highest BCUT2D eigenvalue weighted by Gasteiger charge is 2.02. The van der Waals surface area contributed by atoms with Gasteiger partial charge in [-0.2, -0.15) is 0 Å². The van der Waals surface area contributed by atoms with E-state index in [2.05, 4.69) is 9.72 Å². The van der Waals surface area contributed by atoms with Gasteiger partial charge in [-0.3, -0.25) is 9.78 Å². The second kappa shape index (κ2) is 4.18. The first-order valence-corrected chi connectivity index (χ1v) is 3.54. The van der Waals surface area contributed by atoms with Crippen molar-refractivity contribution < 1.29 is 13.6 Å². The number of aromatic nitrogens is 1. The SMILES string of the molecule is [2H]C([2H])([2H])OCc1cc(Cl)cnc1C=O. The van der Waals surface area contributed by atoms with Gasteiger partial charge in [0.15, 0.2) is 6.29 Å². The summed E-state index contributed by atoms with van der Waals surface area (Å²) >= 11 is 5.65. The topological polar surface area (TPSA) is 39.2 Å². The van der Waals surface area contributed by atoms with E-state index in [1.165, 1.54) is 12.3 Å². The number of halogens is 1. The van der Waals surface area contributed by atoms with Crippen LogP contribution in [0.2, 0.25) is 5.02 Å². The number of pyridine rings is 1. The van der Waals surface area contributed by atoms with Gasteiger partial charge in [-0.1, -0.05) is 11.6 Å². The Morgan fingerprint density at radius 3 is 3.42 bits per heavy atom. The fraction of sp³-hybridized carbons (Fsp3) is 0.250. The standard InChI is InChI=1S/C8H8ClNO2/c1-12-5-6-2-7(9)3-10-8(6)4-11/h2-4H,5H2,1H3/i1D3. The van der Waals surface area contributed by atoms with Crippen LogP contribution in [-0.4, -0.2) is 18.3 Å². The number of hydrogen-bond acceptors (Lipinski definition) is 3. The van der Waals surface area contributed by atoms with E-state index >= 15 is 0 Å². The van der Waals surface area contributed by atoms with Crippen LogP contribution in [0.5, 0.6) is 0 Å². The average Bonchev–Trinajstić information content (AvgIpc) is 2.14. The fourth-order valence-corrected chi connectivity index (χ4v) is 0.972. The summed E-state index contributed by atoms with van der Waals surface area (Å²) in [4.78, 5) is 14.3. The molecule has 0 aliphatic rings. The molecule has 12 heavy (non-hydrogen) atoms. The van der Waals surface area contributed by atoms with Gasteiger partial charge in [0.2, 0.25) is 0 Å². The monoisotopic (exact) mass is 188 g/mol. The van der Waals surface area contributed by atoms with Crippen molar-refractivity contribution in [1.29, 1.82) is 0 Å². The predicted molar refractivity (Wildman–Crippen MR) is 45.3 cm³/mol. The fourth-order valence-electron chi connectivity index (χ4n) is 0.791. The molecule has 0 saturated carbocycles. The molecule has 0 atom stereocenters. The second-order valence-electron chi connectivity index (χ2n) is 2.10. The normalized spacial score (nSPS) is 14.6. The van der Waals surface area contributed by atoms with E-state index in [1.54, 1.807) is 0 Å². The first-order valence-electron chi connectivity index (χ1n) is 4.66. The molecule has 1 aromatic heterocycles. The zero-order chi connectivity index (χ0) is 11.5. The van der Waals surface area contributed by atoms with E-state index in [4.69, 9.17) is 15.7 Å². The minimum Gasteiger partial charge on any atom is -0.380 e. The van der Waals surface area contributed by atoms with Crippen LogP contribution in [0.3, 0.4) is 0 Å². The molecular formula is C8H8ClNO2. The molecule has 64 valence electrons. The molecule has 0 bridgehead atoms. The molecule has 0 N–H and O–H groups in total. The van der Waals surface area contributed by atoms with Gasteiger partial charge in [0.25, 0.3) is 0 Å². The van der Waals surface area contributed by atoms with Gasteiger partial charge in [0, 0.05) is 18.8 Å². The van der Waals surface area contributed by atoms with Crippen molar-refractivity contribution >= 4 is 17.9 Å². The summed E-state index contributed by atoms with van der Waals surface area (Å²) in [5.41, 5.74) is 0.484. The van der Waals surface area contributed by atoms with Crippen LogP contribution in [0, 0.1) is 0 Å². The molecule has 0 fully saturated rings. The molecular weight excluding hydrogens is 178 g/mol. The van der Waals surface area contributed by atoms with Gasteiger partial charge in [-0.15, -0.1) is 0 Å². The molecule has 1 heterocycles. The Hall–Kier alpha value is -0.930. The lowest BCUT2D eigenvalue weighted by Gasteiger charge is -2.01. The lowest BCUT2D eigenvalue weighted by atomic mass is 10.2. The van der Waals surface area contributed by atoms with Gasteiger partial charge < -0.3 is 4.74 Å². The van der Waals surface area contributed by atoms with Crippen LogP contribution in [0.15, 0.2) is 12.3 Å². The highest BCUT2D eigenvalue weighted by Crippen LogP contribution is 2.12. The van der Waals surface area contributed by atoms with Crippen LogP contribution < -0.4 is 0 Å². The maximum Gasteiger partial charge on any atom is 0.168 e. The van der Waals surface area contributed by atoms with Crippen LogP contribution in [-0.2, 0) is 11.3 Å². The molecule has 1 aromatic rings. The molecule has 0 aromatic carbocycles. The molecule has 1 rings (SSSR count). The number of aldehydes is 1. The van der Waals surface area contributed by atoms with Crippen molar-refractivity contribution in [3.8, 4) is 0 Å². The van der Waals surface area contributed by atoms with E-state index in [0.717, 1.165) is 0 Å². The molecule has 0 saturated heterocycles. The lowest BCUT2D eigenvalue weighted by molar-refractivity contribution is 0.111. The first-order chi connectivity index (χ1) is 6.92. The Balaban J connectivity index is 2.83. The van der Waals surface area contributed by atoms with E-state index < -0.39 is 7.04 Å². The van der Waals surface area contributed by atoms with Gasteiger partial charge in [0.05, 0.1) is 15.7 Å². The van der Waals surface area contributed by atoms with Crippen molar-refractivity contribution in [2.45, 2.75) is 6.61 Å². The average molecular weight is 189 g/mol. The Morgan fingerprint density at radius 1 is 1.92 bits per heavy atom. The first kappa shape index (κ1) is 5.67. The Bertz CT molecular complexity index is 367. The van der Waals surface area contributed by atoms with Crippen molar-refractivity contribution in [1.82, 2.24) is 4.98 Å². The molecule has 0 radical (unpaired) electrons. The second-order valence-corrected chi connectivity index (χ2v) is 2.54. The summed E-state index contributed by atoms with van der Waals surface area (Å²) in [5.74, 6) is 0. The van der Waals surface area contributed by atoms with E-state index in [9.17, 15) is 4.79 Å².